The largest absolute Gasteiger partial charge is 0.496 e. The summed E-state index contributed by atoms with van der Waals surface area (Å²) >= 11 is 0. The smallest absolute Gasteiger partial charge is 0.243 e. The number of carbonyl (C=O) groups excluding carboxylic acids is 1. The van der Waals surface area contributed by atoms with Gasteiger partial charge in [0.2, 0.25) is 15.9 Å². The van der Waals surface area contributed by atoms with E-state index in [1.807, 2.05) is 0 Å². The summed E-state index contributed by atoms with van der Waals surface area (Å²) in [6.07, 6.45) is 1.20. The van der Waals surface area contributed by atoms with Crippen LogP contribution in [0.15, 0.2) is 47.4 Å². The second-order valence-electron chi connectivity index (χ2n) is 7.62. The molecule has 162 valence electrons. The molecule has 0 aromatic heterocycles. The van der Waals surface area contributed by atoms with Crippen molar-refractivity contribution in [2.24, 2.45) is 5.92 Å². The maximum Gasteiger partial charge on any atom is 0.243 e. The number of rotatable bonds is 6. The summed E-state index contributed by atoms with van der Waals surface area (Å²) in [5.74, 6) is -0.371. The molecule has 8 heteroatoms. The fourth-order valence-electron chi connectivity index (χ4n) is 3.79. The second kappa shape index (κ2) is 9.14. The molecule has 1 heterocycles. The van der Waals surface area contributed by atoms with E-state index in [9.17, 15) is 17.6 Å². The number of nitrogens with zero attached hydrogens (tertiary/aromatic N) is 2. The van der Waals surface area contributed by atoms with Gasteiger partial charge in [0.15, 0.2) is 0 Å². The molecule has 2 aromatic rings. The van der Waals surface area contributed by atoms with Crippen LogP contribution in [0.1, 0.15) is 24.0 Å². The van der Waals surface area contributed by atoms with E-state index in [0.29, 0.717) is 30.7 Å². The minimum Gasteiger partial charge on any atom is -0.496 e. The third-order valence-electron chi connectivity index (χ3n) is 5.48. The van der Waals surface area contributed by atoms with Crippen molar-refractivity contribution in [3.8, 4) is 5.75 Å². The minimum atomic E-state index is -3.72. The van der Waals surface area contributed by atoms with E-state index in [-0.39, 0.29) is 29.7 Å². The number of ether oxygens (including phenoxy) is 1. The van der Waals surface area contributed by atoms with E-state index in [1.165, 1.54) is 28.4 Å². The van der Waals surface area contributed by atoms with Gasteiger partial charge in [0, 0.05) is 32.2 Å². The van der Waals surface area contributed by atoms with Crippen molar-refractivity contribution in [3.63, 3.8) is 0 Å². The van der Waals surface area contributed by atoms with Crippen LogP contribution in [0.5, 0.6) is 5.75 Å². The van der Waals surface area contributed by atoms with Crippen molar-refractivity contribution in [2.75, 3.05) is 27.2 Å². The fourth-order valence-corrected chi connectivity index (χ4v) is 5.40. The molecule has 0 N–H and O–H groups in total. The monoisotopic (exact) mass is 434 g/mol. The Hall–Kier alpha value is -2.45. The zero-order chi connectivity index (χ0) is 21.9. The summed E-state index contributed by atoms with van der Waals surface area (Å²) in [6.45, 7) is 2.42. The average Bonchev–Trinajstić information content (AvgIpc) is 2.74. The maximum absolute atomic E-state index is 13.9. The Balaban J connectivity index is 1.73. The van der Waals surface area contributed by atoms with Gasteiger partial charge in [-0.2, -0.15) is 4.31 Å². The number of hydrogen-bond donors (Lipinski definition) is 0. The normalized spacial score (nSPS) is 17.5. The highest BCUT2D eigenvalue weighted by Crippen LogP contribution is 2.28. The first-order chi connectivity index (χ1) is 14.2. The van der Waals surface area contributed by atoms with Gasteiger partial charge in [-0.25, -0.2) is 12.8 Å². The van der Waals surface area contributed by atoms with Crippen molar-refractivity contribution < 1.29 is 22.3 Å². The summed E-state index contributed by atoms with van der Waals surface area (Å²) < 4.78 is 46.7. The first kappa shape index (κ1) is 22.2. The Labute approximate surface area is 177 Å². The molecule has 1 aliphatic heterocycles. The molecule has 1 aliphatic rings. The van der Waals surface area contributed by atoms with Crippen LogP contribution < -0.4 is 4.74 Å². The fraction of sp³-hybridized carbons (Fsp3) is 0.409. The summed E-state index contributed by atoms with van der Waals surface area (Å²) in [5.41, 5.74) is 1.16. The van der Waals surface area contributed by atoms with Crippen LogP contribution in [0, 0.1) is 18.7 Å². The first-order valence-corrected chi connectivity index (χ1v) is 11.3. The van der Waals surface area contributed by atoms with Crippen LogP contribution in [0.4, 0.5) is 4.39 Å². The predicted octanol–water partition coefficient (Wildman–Crippen LogP) is 3.20. The Morgan fingerprint density at radius 2 is 2.00 bits per heavy atom. The van der Waals surface area contributed by atoms with Gasteiger partial charge in [-0.1, -0.05) is 18.2 Å². The third kappa shape index (κ3) is 4.65. The number of sulfonamides is 1. The molecule has 0 spiro atoms. The Morgan fingerprint density at radius 3 is 2.67 bits per heavy atom. The Bertz CT molecular complexity index is 1030. The SMILES string of the molecule is COc1ccc(S(=O)(=O)N2CCCC(C(=O)N(C)Cc3ccccc3F)C2)cc1C. The van der Waals surface area contributed by atoms with Crippen LogP contribution in [0.25, 0.3) is 0 Å². The van der Waals surface area contributed by atoms with Crippen molar-refractivity contribution in [3.05, 3.63) is 59.4 Å². The van der Waals surface area contributed by atoms with Crippen LogP contribution in [-0.2, 0) is 21.4 Å². The minimum absolute atomic E-state index is 0.119. The molecule has 1 unspecified atom stereocenters. The number of carbonyl (C=O) groups is 1. The lowest BCUT2D eigenvalue weighted by Gasteiger charge is -2.33. The Kier molecular flexibility index (Phi) is 6.77. The van der Waals surface area contributed by atoms with Gasteiger partial charge in [0.25, 0.3) is 0 Å². The van der Waals surface area contributed by atoms with Crippen LogP contribution in [0.3, 0.4) is 0 Å². The summed E-state index contributed by atoms with van der Waals surface area (Å²) in [4.78, 5) is 14.6. The van der Waals surface area contributed by atoms with Crippen molar-refractivity contribution >= 4 is 15.9 Å². The molecule has 0 bridgehead atoms. The number of halogens is 1. The van der Waals surface area contributed by atoms with Crippen LogP contribution in [0.2, 0.25) is 0 Å². The van der Waals surface area contributed by atoms with Gasteiger partial charge < -0.3 is 9.64 Å². The molecule has 30 heavy (non-hydrogen) atoms. The quantitative estimate of drug-likeness (QED) is 0.700. The number of amides is 1. The highest BCUT2D eigenvalue weighted by Gasteiger charge is 2.34. The molecular weight excluding hydrogens is 407 g/mol. The predicted molar refractivity (Wildman–Crippen MR) is 112 cm³/mol. The molecular formula is C22H27FN2O4S. The van der Waals surface area contributed by atoms with Crippen molar-refractivity contribution in [1.82, 2.24) is 9.21 Å². The lowest BCUT2D eigenvalue weighted by Crippen LogP contribution is -2.45. The average molecular weight is 435 g/mol. The number of piperidine rings is 1. The van der Waals surface area contributed by atoms with Gasteiger partial charge in [0.05, 0.1) is 17.9 Å². The Morgan fingerprint density at radius 1 is 1.27 bits per heavy atom. The number of methoxy groups -OCH3 is 1. The molecule has 0 aliphatic carbocycles. The number of hydrogen-bond acceptors (Lipinski definition) is 4. The second-order valence-corrected chi connectivity index (χ2v) is 9.56. The van der Waals surface area contributed by atoms with Crippen molar-refractivity contribution in [1.29, 1.82) is 0 Å². The molecule has 2 aromatic carbocycles. The van der Waals surface area contributed by atoms with E-state index in [2.05, 4.69) is 0 Å². The molecule has 1 saturated heterocycles. The number of benzene rings is 2. The highest BCUT2D eigenvalue weighted by molar-refractivity contribution is 7.89. The van der Waals surface area contributed by atoms with Gasteiger partial charge in [-0.15, -0.1) is 0 Å². The summed E-state index contributed by atoms with van der Waals surface area (Å²) in [6, 6.07) is 11.1. The lowest BCUT2D eigenvalue weighted by atomic mass is 9.98. The first-order valence-electron chi connectivity index (χ1n) is 9.87. The standard InChI is InChI=1S/C22H27FN2O4S/c1-16-13-19(10-11-21(16)29-3)30(27,28)25-12-6-8-18(15-25)22(26)24(2)14-17-7-4-5-9-20(17)23/h4-5,7,9-11,13,18H,6,8,12,14-15H2,1-3H3. The van der Waals surface area contributed by atoms with E-state index in [1.54, 1.807) is 44.3 Å². The topological polar surface area (TPSA) is 66.9 Å². The molecule has 0 saturated carbocycles. The molecule has 6 nitrogen and oxygen atoms in total. The summed E-state index contributed by atoms with van der Waals surface area (Å²) in [5, 5.41) is 0. The highest BCUT2D eigenvalue weighted by atomic mass is 32.2. The lowest BCUT2D eigenvalue weighted by molar-refractivity contribution is -0.135. The van der Waals surface area contributed by atoms with E-state index in [0.717, 1.165) is 5.56 Å². The van der Waals surface area contributed by atoms with Gasteiger partial charge in [-0.05, 0) is 49.6 Å². The van der Waals surface area contributed by atoms with Gasteiger partial charge >= 0.3 is 0 Å². The molecule has 3 rings (SSSR count). The zero-order valence-electron chi connectivity index (χ0n) is 17.5. The van der Waals surface area contributed by atoms with Crippen molar-refractivity contribution in [2.45, 2.75) is 31.2 Å². The van der Waals surface area contributed by atoms with Crippen LogP contribution >= 0.6 is 0 Å². The summed E-state index contributed by atoms with van der Waals surface area (Å²) in [7, 11) is -0.563. The molecule has 0 radical (unpaired) electrons. The maximum atomic E-state index is 13.9. The zero-order valence-corrected chi connectivity index (χ0v) is 18.3. The van der Waals surface area contributed by atoms with E-state index >= 15 is 0 Å². The third-order valence-corrected chi connectivity index (χ3v) is 7.34. The molecule has 1 fully saturated rings. The molecule has 1 atom stereocenters. The van der Waals surface area contributed by atoms with E-state index in [4.69, 9.17) is 4.74 Å². The van der Waals surface area contributed by atoms with Gasteiger partial charge in [0.1, 0.15) is 11.6 Å². The molecule has 1 amide bonds. The van der Waals surface area contributed by atoms with Gasteiger partial charge in [-0.3, -0.25) is 4.79 Å². The number of aryl methyl sites for hydroxylation is 1. The van der Waals surface area contributed by atoms with E-state index < -0.39 is 15.9 Å². The van der Waals surface area contributed by atoms with Crippen LogP contribution in [-0.4, -0.2) is 50.8 Å².